The first kappa shape index (κ1) is 27.9. The summed E-state index contributed by atoms with van der Waals surface area (Å²) in [6.07, 6.45) is 3.52. The average Bonchev–Trinajstić information content (AvgIpc) is 3.13. The number of hydrogen-bond donors (Lipinski definition) is 2. The number of hydrogen-bond acceptors (Lipinski definition) is 6. The second-order valence-electron chi connectivity index (χ2n) is 8.94. The van der Waals surface area contributed by atoms with E-state index >= 15 is 0 Å². The van der Waals surface area contributed by atoms with E-state index in [0.29, 0.717) is 6.04 Å². The van der Waals surface area contributed by atoms with Crippen LogP contribution in [0.15, 0.2) is 23.2 Å². The second-order valence-corrected chi connectivity index (χ2v) is 8.94. The summed E-state index contributed by atoms with van der Waals surface area (Å²) in [5, 5.41) is 7.11. The third-order valence-corrected chi connectivity index (χ3v) is 6.41. The Bertz CT molecular complexity index is 713. The van der Waals surface area contributed by atoms with Gasteiger partial charge in [0, 0.05) is 58.4 Å². The van der Waals surface area contributed by atoms with Gasteiger partial charge in [-0.05, 0) is 63.6 Å². The molecule has 1 atom stereocenters. The maximum absolute atomic E-state index is 5.41. The van der Waals surface area contributed by atoms with E-state index < -0.39 is 0 Å². The first-order chi connectivity index (χ1) is 15.6. The molecule has 2 heterocycles. The number of guanidine groups is 1. The Morgan fingerprint density at radius 2 is 1.79 bits per heavy atom. The molecule has 2 aliphatic heterocycles. The van der Waals surface area contributed by atoms with Gasteiger partial charge in [-0.15, -0.1) is 24.0 Å². The van der Waals surface area contributed by atoms with Crippen molar-refractivity contribution in [2.45, 2.75) is 31.8 Å². The number of ether oxygens (including phenoxy) is 2. The van der Waals surface area contributed by atoms with Crippen molar-refractivity contribution in [1.82, 2.24) is 25.3 Å². The summed E-state index contributed by atoms with van der Waals surface area (Å²) in [5.41, 5.74) is 1.21. The molecule has 2 fully saturated rings. The Morgan fingerprint density at radius 1 is 1.03 bits per heavy atom. The zero-order valence-electron chi connectivity index (χ0n) is 20.8. The van der Waals surface area contributed by atoms with Crippen LogP contribution >= 0.6 is 24.0 Å². The fourth-order valence-electron chi connectivity index (χ4n) is 4.53. The highest BCUT2D eigenvalue weighted by molar-refractivity contribution is 14.0. The van der Waals surface area contributed by atoms with E-state index in [2.05, 4.69) is 49.5 Å². The van der Waals surface area contributed by atoms with Crippen LogP contribution in [0.5, 0.6) is 11.5 Å². The van der Waals surface area contributed by atoms with Crippen LogP contribution < -0.4 is 20.1 Å². The van der Waals surface area contributed by atoms with E-state index in [1.54, 1.807) is 14.2 Å². The molecule has 188 valence electrons. The van der Waals surface area contributed by atoms with Crippen LogP contribution in [0.1, 0.15) is 24.8 Å². The number of aliphatic imine (C=N–C) groups is 1. The second kappa shape index (κ2) is 14.9. The van der Waals surface area contributed by atoms with Crippen molar-refractivity contribution in [3.63, 3.8) is 0 Å². The lowest BCUT2D eigenvalue weighted by Gasteiger charge is -2.21. The van der Waals surface area contributed by atoms with Gasteiger partial charge in [-0.1, -0.05) is 0 Å². The molecule has 1 aromatic rings. The van der Waals surface area contributed by atoms with Crippen molar-refractivity contribution < 1.29 is 9.47 Å². The maximum Gasteiger partial charge on any atom is 0.191 e. The highest BCUT2D eigenvalue weighted by Crippen LogP contribution is 2.24. The monoisotopic (exact) mass is 574 g/mol. The molecule has 0 spiro atoms. The number of methoxy groups -OCH3 is 2. The Labute approximate surface area is 217 Å². The predicted octanol–water partition coefficient (Wildman–Crippen LogP) is 2.09. The first-order valence-electron chi connectivity index (χ1n) is 11.9. The average molecular weight is 575 g/mol. The van der Waals surface area contributed by atoms with Gasteiger partial charge in [-0.2, -0.15) is 0 Å². The zero-order valence-corrected chi connectivity index (χ0v) is 23.1. The van der Waals surface area contributed by atoms with Crippen molar-refractivity contribution in [1.29, 1.82) is 0 Å². The van der Waals surface area contributed by atoms with E-state index in [9.17, 15) is 0 Å². The molecule has 2 aliphatic rings. The molecule has 1 unspecified atom stereocenters. The summed E-state index contributed by atoms with van der Waals surface area (Å²) < 4.78 is 10.8. The molecule has 0 bridgehead atoms. The summed E-state index contributed by atoms with van der Waals surface area (Å²) >= 11 is 0. The Kier molecular flexibility index (Phi) is 12.6. The Morgan fingerprint density at radius 3 is 2.48 bits per heavy atom. The van der Waals surface area contributed by atoms with Crippen LogP contribution in [0.4, 0.5) is 0 Å². The fourth-order valence-corrected chi connectivity index (χ4v) is 4.53. The molecule has 0 aromatic heterocycles. The van der Waals surface area contributed by atoms with Crippen molar-refractivity contribution >= 4 is 29.9 Å². The van der Waals surface area contributed by atoms with Gasteiger partial charge in [-0.25, -0.2) is 0 Å². The lowest BCUT2D eigenvalue weighted by molar-refractivity contribution is 0.273. The summed E-state index contributed by atoms with van der Waals surface area (Å²) in [6, 6.07) is 6.51. The summed E-state index contributed by atoms with van der Waals surface area (Å²) in [6.45, 7) is 9.86. The smallest absolute Gasteiger partial charge is 0.191 e. The highest BCUT2D eigenvalue weighted by Gasteiger charge is 2.23. The number of benzene rings is 1. The molecule has 0 radical (unpaired) electrons. The molecule has 8 nitrogen and oxygen atoms in total. The Balaban J connectivity index is 0.00000385. The van der Waals surface area contributed by atoms with E-state index in [4.69, 9.17) is 9.47 Å². The molecular formula is C24H43IN6O2. The molecule has 0 amide bonds. The minimum Gasteiger partial charge on any atom is -0.497 e. The van der Waals surface area contributed by atoms with Gasteiger partial charge in [0.25, 0.3) is 0 Å². The summed E-state index contributed by atoms with van der Waals surface area (Å²) in [7, 11) is 7.46. The lowest BCUT2D eigenvalue weighted by atomic mass is 10.2. The van der Waals surface area contributed by atoms with Crippen LogP contribution in [-0.2, 0) is 6.54 Å². The van der Waals surface area contributed by atoms with Crippen molar-refractivity contribution in [3.8, 4) is 11.5 Å². The number of likely N-dealkylation sites (N-methyl/N-ethyl adjacent to an activating group) is 1. The molecule has 2 saturated heterocycles. The molecule has 9 heteroatoms. The lowest BCUT2D eigenvalue weighted by Crippen LogP contribution is -2.45. The number of nitrogens with one attached hydrogen (secondary N) is 2. The van der Waals surface area contributed by atoms with E-state index in [-0.39, 0.29) is 24.0 Å². The third-order valence-electron chi connectivity index (χ3n) is 6.41. The minimum atomic E-state index is 0. The topological polar surface area (TPSA) is 64.6 Å². The van der Waals surface area contributed by atoms with Gasteiger partial charge < -0.3 is 29.9 Å². The van der Waals surface area contributed by atoms with Crippen LogP contribution in [0, 0.1) is 0 Å². The SMILES string of the molecule is CN=C(NCCCN1CCCN(C)CC1)NC1CCN(Cc2cc(OC)cc(OC)c2)C1.I. The van der Waals surface area contributed by atoms with Crippen molar-refractivity contribution in [2.75, 3.05) is 80.7 Å². The van der Waals surface area contributed by atoms with E-state index in [1.165, 1.54) is 38.2 Å². The highest BCUT2D eigenvalue weighted by atomic mass is 127. The largest absolute Gasteiger partial charge is 0.497 e. The number of likely N-dealkylation sites (tertiary alicyclic amines) is 1. The van der Waals surface area contributed by atoms with Crippen LogP contribution in [0.25, 0.3) is 0 Å². The number of halogens is 1. The number of rotatable bonds is 9. The first-order valence-corrected chi connectivity index (χ1v) is 11.9. The van der Waals surface area contributed by atoms with Gasteiger partial charge in [0.05, 0.1) is 14.2 Å². The molecule has 33 heavy (non-hydrogen) atoms. The van der Waals surface area contributed by atoms with Gasteiger partial charge in [0.2, 0.25) is 0 Å². The molecular weight excluding hydrogens is 531 g/mol. The van der Waals surface area contributed by atoms with Crippen LogP contribution in [0.3, 0.4) is 0 Å². The van der Waals surface area contributed by atoms with E-state index in [0.717, 1.165) is 63.0 Å². The molecule has 0 aliphatic carbocycles. The van der Waals surface area contributed by atoms with E-state index in [1.807, 2.05) is 13.1 Å². The minimum absolute atomic E-state index is 0. The van der Waals surface area contributed by atoms with Gasteiger partial charge in [-0.3, -0.25) is 9.89 Å². The normalized spacial score (nSPS) is 20.7. The molecule has 1 aromatic carbocycles. The molecule has 0 saturated carbocycles. The van der Waals surface area contributed by atoms with Crippen LogP contribution in [-0.4, -0.2) is 107 Å². The van der Waals surface area contributed by atoms with Gasteiger partial charge in [0.15, 0.2) is 5.96 Å². The quantitative estimate of drug-likeness (QED) is 0.203. The Hall–Kier alpha value is -1.30. The standard InChI is InChI=1S/C24H42N6O2.HI/c1-25-24(26-8-5-10-29-11-6-9-28(2)13-14-29)27-21-7-12-30(19-21)18-20-15-22(31-3)17-23(16-20)32-4;/h15-17,21H,5-14,18-19H2,1-4H3,(H2,25,26,27);1H. The maximum atomic E-state index is 5.41. The number of nitrogens with zero attached hydrogens (tertiary/aromatic N) is 4. The van der Waals surface area contributed by atoms with Crippen molar-refractivity contribution in [3.05, 3.63) is 23.8 Å². The predicted molar refractivity (Wildman–Crippen MR) is 146 cm³/mol. The summed E-state index contributed by atoms with van der Waals surface area (Å²) in [5.74, 6) is 2.59. The fraction of sp³-hybridized carbons (Fsp3) is 0.708. The van der Waals surface area contributed by atoms with Crippen LogP contribution in [0.2, 0.25) is 0 Å². The summed E-state index contributed by atoms with van der Waals surface area (Å²) in [4.78, 5) is 11.9. The molecule has 3 rings (SSSR count). The van der Waals surface area contributed by atoms with Gasteiger partial charge in [0.1, 0.15) is 11.5 Å². The zero-order chi connectivity index (χ0) is 22.8. The van der Waals surface area contributed by atoms with Crippen molar-refractivity contribution in [2.24, 2.45) is 4.99 Å². The third kappa shape index (κ3) is 9.46. The molecule has 2 N–H and O–H groups in total. The van der Waals surface area contributed by atoms with Gasteiger partial charge >= 0.3 is 0 Å².